The van der Waals surface area contributed by atoms with Crippen LogP contribution >= 0.6 is 0 Å². The Kier molecular flexibility index (Phi) is 4.18. The summed E-state index contributed by atoms with van der Waals surface area (Å²) in [5, 5.41) is 0. The SMILES string of the molecule is C[C@@H]1CCC[C@H](C(=O)OCc2ccccc2)C1. The number of esters is 1. The van der Waals surface area contributed by atoms with E-state index >= 15 is 0 Å². The fraction of sp³-hybridized carbons (Fsp3) is 0.533. The maximum atomic E-state index is 11.9. The van der Waals surface area contributed by atoms with Crippen molar-refractivity contribution in [2.24, 2.45) is 11.8 Å². The second kappa shape index (κ2) is 5.85. The molecule has 1 fully saturated rings. The quantitative estimate of drug-likeness (QED) is 0.745. The van der Waals surface area contributed by atoms with Gasteiger partial charge in [-0.05, 0) is 24.3 Å². The molecule has 2 nitrogen and oxygen atoms in total. The molecule has 0 aromatic heterocycles. The van der Waals surface area contributed by atoms with Gasteiger partial charge in [0.05, 0.1) is 5.92 Å². The first kappa shape index (κ1) is 12.2. The fourth-order valence-electron chi connectivity index (χ4n) is 2.49. The van der Waals surface area contributed by atoms with Gasteiger partial charge in [0.2, 0.25) is 0 Å². The van der Waals surface area contributed by atoms with Gasteiger partial charge in [-0.15, -0.1) is 0 Å². The topological polar surface area (TPSA) is 26.3 Å². The summed E-state index contributed by atoms with van der Waals surface area (Å²) in [7, 11) is 0. The van der Waals surface area contributed by atoms with Crippen LogP contribution in [-0.4, -0.2) is 5.97 Å². The summed E-state index contributed by atoms with van der Waals surface area (Å²) >= 11 is 0. The Labute approximate surface area is 103 Å². The highest BCUT2D eigenvalue weighted by atomic mass is 16.5. The van der Waals surface area contributed by atoms with Crippen molar-refractivity contribution in [2.75, 3.05) is 0 Å². The van der Waals surface area contributed by atoms with Crippen molar-refractivity contribution in [1.29, 1.82) is 0 Å². The van der Waals surface area contributed by atoms with Crippen molar-refractivity contribution in [3.8, 4) is 0 Å². The van der Waals surface area contributed by atoms with Gasteiger partial charge in [-0.3, -0.25) is 4.79 Å². The average molecular weight is 232 g/mol. The first-order chi connectivity index (χ1) is 8.25. The molecule has 0 N–H and O–H groups in total. The molecule has 1 aromatic carbocycles. The lowest BCUT2D eigenvalue weighted by atomic mass is 9.82. The van der Waals surface area contributed by atoms with E-state index in [0.717, 1.165) is 24.8 Å². The van der Waals surface area contributed by atoms with Crippen LogP contribution in [0.4, 0.5) is 0 Å². The smallest absolute Gasteiger partial charge is 0.309 e. The lowest BCUT2D eigenvalue weighted by Crippen LogP contribution is -2.23. The summed E-state index contributed by atoms with van der Waals surface area (Å²) in [6, 6.07) is 9.86. The van der Waals surface area contributed by atoms with Gasteiger partial charge in [0.15, 0.2) is 0 Å². The Balaban J connectivity index is 1.81. The molecule has 0 unspecified atom stereocenters. The number of carbonyl (C=O) groups is 1. The van der Waals surface area contributed by atoms with E-state index < -0.39 is 0 Å². The molecule has 0 aliphatic heterocycles. The zero-order valence-electron chi connectivity index (χ0n) is 10.4. The molecule has 0 saturated heterocycles. The number of hydrogen-bond donors (Lipinski definition) is 0. The van der Waals surface area contributed by atoms with Gasteiger partial charge in [0.1, 0.15) is 6.61 Å². The molecule has 1 aliphatic rings. The van der Waals surface area contributed by atoms with Crippen LogP contribution in [0.2, 0.25) is 0 Å². The fourth-order valence-corrected chi connectivity index (χ4v) is 2.49. The maximum Gasteiger partial charge on any atom is 0.309 e. The summed E-state index contributed by atoms with van der Waals surface area (Å²) in [6.45, 7) is 2.63. The Morgan fingerprint density at radius 3 is 2.76 bits per heavy atom. The predicted octanol–water partition coefficient (Wildman–Crippen LogP) is 3.56. The molecule has 0 amide bonds. The number of ether oxygens (including phenoxy) is 1. The van der Waals surface area contributed by atoms with Crippen LogP contribution in [0, 0.1) is 11.8 Å². The molecule has 2 atom stereocenters. The number of rotatable bonds is 3. The summed E-state index contributed by atoms with van der Waals surface area (Å²) in [5.41, 5.74) is 1.06. The van der Waals surface area contributed by atoms with Gasteiger partial charge in [-0.2, -0.15) is 0 Å². The summed E-state index contributed by atoms with van der Waals surface area (Å²) in [6.07, 6.45) is 4.40. The Morgan fingerprint density at radius 2 is 2.06 bits per heavy atom. The standard InChI is InChI=1S/C15H20O2/c1-12-6-5-9-14(10-12)15(16)17-11-13-7-3-2-4-8-13/h2-4,7-8,12,14H,5-6,9-11H2,1H3/t12-,14+/m1/s1. The van der Waals surface area contributed by atoms with E-state index in [1.807, 2.05) is 30.3 Å². The third kappa shape index (κ3) is 3.58. The van der Waals surface area contributed by atoms with Crippen LogP contribution in [0.25, 0.3) is 0 Å². The lowest BCUT2D eigenvalue weighted by molar-refractivity contribution is -0.151. The lowest BCUT2D eigenvalue weighted by Gasteiger charge is -2.25. The number of hydrogen-bond acceptors (Lipinski definition) is 2. The van der Waals surface area contributed by atoms with E-state index in [0.29, 0.717) is 12.5 Å². The number of carbonyl (C=O) groups excluding carboxylic acids is 1. The zero-order chi connectivity index (χ0) is 12.1. The highest BCUT2D eigenvalue weighted by molar-refractivity contribution is 5.72. The second-order valence-electron chi connectivity index (χ2n) is 5.06. The Morgan fingerprint density at radius 1 is 1.29 bits per heavy atom. The maximum absolute atomic E-state index is 11.9. The van der Waals surface area contributed by atoms with E-state index in [1.54, 1.807) is 0 Å². The highest BCUT2D eigenvalue weighted by Gasteiger charge is 2.26. The predicted molar refractivity (Wildman–Crippen MR) is 67.4 cm³/mol. The van der Waals surface area contributed by atoms with Gasteiger partial charge < -0.3 is 4.74 Å². The van der Waals surface area contributed by atoms with Crippen molar-refractivity contribution in [1.82, 2.24) is 0 Å². The molecule has 0 radical (unpaired) electrons. The highest BCUT2D eigenvalue weighted by Crippen LogP contribution is 2.29. The molecule has 1 saturated carbocycles. The van der Waals surface area contributed by atoms with Crippen molar-refractivity contribution < 1.29 is 9.53 Å². The minimum Gasteiger partial charge on any atom is -0.461 e. The minimum atomic E-state index is -0.0135. The molecule has 2 heteroatoms. The van der Waals surface area contributed by atoms with Crippen LogP contribution in [0.15, 0.2) is 30.3 Å². The molecule has 17 heavy (non-hydrogen) atoms. The van der Waals surface area contributed by atoms with Gasteiger partial charge in [0.25, 0.3) is 0 Å². The number of benzene rings is 1. The van der Waals surface area contributed by atoms with Crippen LogP contribution in [0.1, 0.15) is 38.2 Å². The Bertz CT molecular complexity index is 358. The van der Waals surface area contributed by atoms with E-state index in [1.165, 1.54) is 6.42 Å². The van der Waals surface area contributed by atoms with Crippen molar-refractivity contribution >= 4 is 5.97 Å². The first-order valence-electron chi connectivity index (χ1n) is 6.46. The molecule has 0 spiro atoms. The van der Waals surface area contributed by atoms with E-state index in [4.69, 9.17) is 4.74 Å². The van der Waals surface area contributed by atoms with E-state index in [-0.39, 0.29) is 11.9 Å². The molecule has 0 bridgehead atoms. The molecular weight excluding hydrogens is 212 g/mol. The monoisotopic (exact) mass is 232 g/mol. The molecule has 2 rings (SSSR count). The van der Waals surface area contributed by atoms with Crippen LogP contribution in [0.5, 0.6) is 0 Å². The van der Waals surface area contributed by atoms with Crippen LogP contribution in [-0.2, 0) is 16.1 Å². The van der Waals surface area contributed by atoms with E-state index in [2.05, 4.69) is 6.92 Å². The molecular formula is C15H20O2. The normalized spacial score (nSPS) is 24.3. The average Bonchev–Trinajstić information content (AvgIpc) is 2.37. The molecule has 1 aromatic rings. The molecule has 0 heterocycles. The van der Waals surface area contributed by atoms with Crippen molar-refractivity contribution in [2.45, 2.75) is 39.2 Å². The third-order valence-electron chi connectivity index (χ3n) is 3.49. The summed E-state index contributed by atoms with van der Waals surface area (Å²) in [4.78, 5) is 11.9. The molecule has 1 aliphatic carbocycles. The van der Waals surface area contributed by atoms with Gasteiger partial charge in [0, 0.05) is 0 Å². The summed E-state index contributed by atoms with van der Waals surface area (Å²) < 4.78 is 5.38. The zero-order valence-corrected chi connectivity index (χ0v) is 10.4. The van der Waals surface area contributed by atoms with Gasteiger partial charge in [-0.25, -0.2) is 0 Å². The summed E-state index contributed by atoms with van der Waals surface area (Å²) in [5.74, 6) is 0.779. The Hall–Kier alpha value is -1.31. The van der Waals surface area contributed by atoms with E-state index in [9.17, 15) is 4.79 Å². The van der Waals surface area contributed by atoms with Crippen molar-refractivity contribution in [3.05, 3.63) is 35.9 Å². The van der Waals surface area contributed by atoms with Crippen LogP contribution < -0.4 is 0 Å². The second-order valence-corrected chi connectivity index (χ2v) is 5.06. The first-order valence-corrected chi connectivity index (χ1v) is 6.46. The van der Waals surface area contributed by atoms with Gasteiger partial charge in [-0.1, -0.05) is 50.1 Å². The van der Waals surface area contributed by atoms with Gasteiger partial charge >= 0.3 is 5.97 Å². The third-order valence-corrected chi connectivity index (χ3v) is 3.49. The molecule has 92 valence electrons. The van der Waals surface area contributed by atoms with Crippen LogP contribution in [0.3, 0.4) is 0 Å². The van der Waals surface area contributed by atoms with Crippen molar-refractivity contribution in [3.63, 3.8) is 0 Å². The minimum absolute atomic E-state index is 0.0135. The largest absolute Gasteiger partial charge is 0.461 e.